The Morgan fingerprint density at radius 1 is 1.11 bits per heavy atom. The van der Waals surface area contributed by atoms with Gasteiger partial charge in [-0.25, -0.2) is 9.97 Å². The van der Waals surface area contributed by atoms with E-state index in [1.807, 2.05) is 6.07 Å². The van der Waals surface area contributed by atoms with Crippen molar-refractivity contribution >= 4 is 11.5 Å². The van der Waals surface area contributed by atoms with Gasteiger partial charge in [0.05, 0.1) is 0 Å². The first-order valence-electron chi connectivity index (χ1n) is 6.47. The zero-order valence-corrected chi connectivity index (χ0v) is 10.6. The highest BCUT2D eigenvalue weighted by Gasteiger charge is 2.14. The van der Waals surface area contributed by atoms with Crippen molar-refractivity contribution in [2.45, 2.75) is 25.7 Å². The Morgan fingerprint density at radius 3 is 2.84 bits per heavy atom. The molecule has 3 rings (SSSR count). The van der Waals surface area contributed by atoms with Gasteiger partial charge < -0.3 is 5.32 Å². The van der Waals surface area contributed by atoms with Crippen LogP contribution in [0.25, 0.3) is 0 Å². The number of fused-ring (bicyclic) bond motifs is 1. The maximum atomic E-state index is 9.04. The van der Waals surface area contributed by atoms with Crippen LogP contribution in [0.15, 0.2) is 30.6 Å². The molecular formula is C15H14N4. The molecule has 1 aromatic heterocycles. The number of nitrogens with one attached hydrogen (secondary N) is 1. The first-order chi connectivity index (χ1) is 9.38. The van der Waals surface area contributed by atoms with E-state index in [1.54, 1.807) is 6.20 Å². The molecule has 1 heterocycles. The van der Waals surface area contributed by atoms with Crippen molar-refractivity contribution in [3.63, 3.8) is 0 Å². The molecule has 19 heavy (non-hydrogen) atoms. The number of nitriles is 1. The van der Waals surface area contributed by atoms with E-state index >= 15 is 0 Å². The summed E-state index contributed by atoms with van der Waals surface area (Å²) in [4.78, 5) is 8.22. The van der Waals surface area contributed by atoms with Gasteiger partial charge in [0.1, 0.15) is 6.07 Å². The summed E-state index contributed by atoms with van der Waals surface area (Å²) in [6.45, 7) is 0. The second-order valence-electron chi connectivity index (χ2n) is 4.64. The molecule has 0 saturated carbocycles. The monoisotopic (exact) mass is 250 g/mol. The minimum Gasteiger partial charge on any atom is -0.338 e. The van der Waals surface area contributed by atoms with Gasteiger partial charge in [-0.1, -0.05) is 12.1 Å². The van der Waals surface area contributed by atoms with Gasteiger partial charge >= 0.3 is 0 Å². The lowest BCUT2D eigenvalue weighted by molar-refractivity contribution is 0.687. The lowest BCUT2D eigenvalue weighted by Crippen LogP contribution is -2.07. The first kappa shape index (κ1) is 11.7. The number of nitrogens with zero attached hydrogens (tertiary/aromatic N) is 3. The van der Waals surface area contributed by atoms with Crippen LogP contribution in [0.1, 0.15) is 29.7 Å². The Hall–Kier alpha value is -2.41. The molecule has 94 valence electrons. The molecular weight excluding hydrogens is 236 g/mol. The van der Waals surface area contributed by atoms with Crippen molar-refractivity contribution in [1.29, 1.82) is 5.26 Å². The van der Waals surface area contributed by atoms with Crippen LogP contribution in [0.5, 0.6) is 0 Å². The summed E-state index contributed by atoms with van der Waals surface area (Å²) in [7, 11) is 0. The number of anilines is 2. The van der Waals surface area contributed by atoms with E-state index in [9.17, 15) is 0 Å². The summed E-state index contributed by atoms with van der Waals surface area (Å²) in [5, 5.41) is 12.3. The minimum absolute atomic E-state index is 0.330. The van der Waals surface area contributed by atoms with Gasteiger partial charge in [-0.2, -0.15) is 5.26 Å². The molecule has 0 spiro atoms. The second-order valence-corrected chi connectivity index (χ2v) is 4.64. The zero-order valence-electron chi connectivity index (χ0n) is 10.6. The Balaban J connectivity index is 1.98. The predicted molar refractivity (Wildman–Crippen MR) is 73.1 cm³/mol. The predicted octanol–water partition coefficient (Wildman–Crippen LogP) is 2.97. The summed E-state index contributed by atoms with van der Waals surface area (Å²) in [6, 6.07) is 8.33. The van der Waals surface area contributed by atoms with Crippen molar-refractivity contribution in [3.8, 4) is 6.07 Å². The fourth-order valence-electron chi connectivity index (χ4n) is 2.54. The molecule has 4 heteroatoms. The normalized spacial score (nSPS) is 13.4. The molecule has 0 bridgehead atoms. The quantitative estimate of drug-likeness (QED) is 0.890. The van der Waals surface area contributed by atoms with Crippen LogP contribution in [0.4, 0.5) is 11.5 Å². The molecule has 0 aliphatic heterocycles. The number of hydrogen-bond acceptors (Lipinski definition) is 4. The second kappa shape index (κ2) is 5.07. The standard InChI is InChI=1S/C15H14N4/c16-10-14-15(18-9-8-17-14)19-13-7-3-5-11-4-1-2-6-12(11)13/h3,5,7-9H,1-2,4,6H2,(H,18,19). The van der Waals surface area contributed by atoms with Gasteiger partial charge in [0.2, 0.25) is 0 Å². The third-order valence-corrected chi connectivity index (χ3v) is 3.45. The number of aryl methyl sites for hydroxylation is 1. The van der Waals surface area contributed by atoms with Crippen molar-refractivity contribution in [2.24, 2.45) is 0 Å². The van der Waals surface area contributed by atoms with E-state index in [0.29, 0.717) is 11.5 Å². The van der Waals surface area contributed by atoms with E-state index in [2.05, 4.69) is 33.5 Å². The Bertz CT molecular complexity index is 643. The Kier molecular flexibility index (Phi) is 3.11. The van der Waals surface area contributed by atoms with Gasteiger partial charge in [0.15, 0.2) is 11.5 Å². The lowest BCUT2D eigenvalue weighted by Gasteiger charge is -2.19. The molecule has 4 nitrogen and oxygen atoms in total. The minimum atomic E-state index is 0.330. The molecule has 1 N–H and O–H groups in total. The molecule has 0 fully saturated rings. The van der Waals surface area contributed by atoms with Crippen LogP contribution in [0.2, 0.25) is 0 Å². The van der Waals surface area contributed by atoms with Crippen molar-refractivity contribution in [2.75, 3.05) is 5.32 Å². The molecule has 0 radical (unpaired) electrons. The van der Waals surface area contributed by atoms with Crippen molar-refractivity contribution < 1.29 is 0 Å². The topological polar surface area (TPSA) is 61.6 Å². The lowest BCUT2D eigenvalue weighted by atomic mass is 9.90. The van der Waals surface area contributed by atoms with Gasteiger partial charge in [0, 0.05) is 18.1 Å². The maximum Gasteiger partial charge on any atom is 0.183 e. The average molecular weight is 250 g/mol. The van der Waals surface area contributed by atoms with E-state index in [1.165, 1.54) is 30.2 Å². The number of rotatable bonds is 2. The third-order valence-electron chi connectivity index (χ3n) is 3.45. The summed E-state index contributed by atoms with van der Waals surface area (Å²) >= 11 is 0. The Labute approximate surface area is 112 Å². The molecule has 0 unspecified atom stereocenters. The van der Waals surface area contributed by atoms with Crippen LogP contribution in [0, 0.1) is 11.3 Å². The highest BCUT2D eigenvalue weighted by atomic mass is 15.0. The van der Waals surface area contributed by atoms with Crippen molar-refractivity contribution in [3.05, 3.63) is 47.4 Å². The molecule has 1 aromatic carbocycles. The summed E-state index contributed by atoms with van der Waals surface area (Å²) in [5.74, 6) is 0.531. The van der Waals surface area contributed by atoms with Crippen LogP contribution in [0.3, 0.4) is 0 Å². The maximum absolute atomic E-state index is 9.04. The SMILES string of the molecule is N#Cc1nccnc1Nc1cccc2c1CCCC2. The molecule has 0 amide bonds. The Morgan fingerprint density at radius 2 is 1.95 bits per heavy atom. The zero-order chi connectivity index (χ0) is 13.1. The molecule has 0 saturated heterocycles. The van der Waals surface area contributed by atoms with Gasteiger partial charge in [-0.3, -0.25) is 0 Å². The fourth-order valence-corrected chi connectivity index (χ4v) is 2.54. The molecule has 1 aliphatic carbocycles. The third kappa shape index (κ3) is 2.27. The van der Waals surface area contributed by atoms with E-state index in [4.69, 9.17) is 5.26 Å². The number of benzene rings is 1. The van der Waals surface area contributed by atoms with E-state index in [0.717, 1.165) is 18.5 Å². The van der Waals surface area contributed by atoms with Crippen LogP contribution in [-0.2, 0) is 12.8 Å². The molecule has 0 atom stereocenters. The highest BCUT2D eigenvalue weighted by Crippen LogP contribution is 2.29. The largest absolute Gasteiger partial charge is 0.338 e. The van der Waals surface area contributed by atoms with Crippen LogP contribution < -0.4 is 5.32 Å². The number of hydrogen-bond donors (Lipinski definition) is 1. The fraction of sp³-hybridized carbons (Fsp3) is 0.267. The summed E-state index contributed by atoms with van der Waals surface area (Å²) < 4.78 is 0. The van der Waals surface area contributed by atoms with Crippen LogP contribution in [-0.4, -0.2) is 9.97 Å². The van der Waals surface area contributed by atoms with Gasteiger partial charge in [-0.05, 0) is 42.9 Å². The molecule has 2 aromatic rings. The summed E-state index contributed by atoms with van der Waals surface area (Å²) in [6.07, 6.45) is 7.82. The highest BCUT2D eigenvalue weighted by molar-refractivity contribution is 5.65. The number of aromatic nitrogens is 2. The average Bonchev–Trinajstić information content (AvgIpc) is 2.48. The summed E-state index contributed by atoms with van der Waals surface area (Å²) in [5.41, 5.74) is 4.13. The van der Waals surface area contributed by atoms with E-state index < -0.39 is 0 Å². The van der Waals surface area contributed by atoms with Crippen LogP contribution >= 0.6 is 0 Å². The molecule has 1 aliphatic rings. The smallest absolute Gasteiger partial charge is 0.183 e. The first-order valence-corrected chi connectivity index (χ1v) is 6.47. The van der Waals surface area contributed by atoms with Gasteiger partial charge in [0.25, 0.3) is 0 Å². The van der Waals surface area contributed by atoms with Crippen molar-refractivity contribution in [1.82, 2.24) is 9.97 Å². The van der Waals surface area contributed by atoms with E-state index in [-0.39, 0.29) is 0 Å². The van der Waals surface area contributed by atoms with Gasteiger partial charge in [-0.15, -0.1) is 0 Å².